The monoisotopic (exact) mass is 550 g/mol. The van der Waals surface area contributed by atoms with E-state index in [1.165, 1.54) is 0 Å². The molecule has 7 nitrogen and oxygen atoms in total. The van der Waals surface area contributed by atoms with E-state index in [1.807, 2.05) is 20.8 Å². The molecule has 1 unspecified atom stereocenters. The lowest BCUT2D eigenvalue weighted by atomic mass is 9.93. The number of halogens is 2. The van der Waals surface area contributed by atoms with Crippen LogP contribution in [0.1, 0.15) is 43.9 Å². The maximum absolute atomic E-state index is 16.6. The number of nitrogen functional groups attached to an aromatic ring is 1. The van der Waals surface area contributed by atoms with E-state index in [0.29, 0.717) is 28.5 Å². The highest BCUT2D eigenvalue weighted by Crippen LogP contribution is 2.42. The van der Waals surface area contributed by atoms with Crippen LogP contribution < -0.4 is 16.2 Å². The summed E-state index contributed by atoms with van der Waals surface area (Å²) in [6, 6.07) is 2.05. The summed E-state index contributed by atoms with van der Waals surface area (Å²) in [6.45, 7) is 9.07. The number of fused-ring (bicyclic) bond motifs is 2. The van der Waals surface area contributed by atoms with Crippen molar-refractivity contribution in [2.75, 3.05) is 39.5 Å². The maximum Gasteiger partial charge on any atom is 0.159 e. The van der Waals surface area contributed by atoms with Crippen LogP contribution in [0.5, 0.6) is 0 Å². The van der Waals surface area contributed by atoms with Crippen molar-refractivity contribution in [3.63, 3.8) is 0 Å². The minimum atomic E-state index is -0.594. The molecule has 204 valence electrons. The number of nitriles is 1. The highest BCUT2D eigenvalue weighted by atomic mass is 32.1. The number of nitrogens with two attached hydrogens (primary N) is 1. The Labute approximate surface area is 230 Å². The standard InChI is InChI=1S/C29H32F2N6OS/c1-15(2)23-19(9-34-16(3)37-7-6-17(12-37)11-36(4)5)20-13-38-14-21(20)24(26(23)31)27-25-18(8-32)29(33)39-28(25)22(30)10-35-27/h9-10,17H,6-7,11-14,33H2,1-5H3/b19-9-,34-16?. The summed E-state index contributed by atoms with van der Waals surface area (Å²) in [6.07, 6.45) is 3.92. The van der Waals surface area contributed by atoms with E-state index in [0.717, 1.165) is 60.6 Å². The summed E-state index contributed by atoms with van der Waals surface area (Å²) in [5.74, 6) is 0.399. The molecule has 5 rings (SSSR count). The lowest BCUT2D eigenvalue weighted by molar-refractivity contribution is 0.134. The summed E-state index contributed by atoms with van der Waals surface area (Å²) in [4.78, 5) is 13.6. The minimum absolute atomic E-state index is 0.108. The number of anilines is 1. The van der Waals surface area contributed by atoms with Gasteiger partial charge in [-0.25, -0.2) is 13.8 Å². The minimum Gasteiger partial charge on any atom is -0.389 e. The predicted molar refractivity (Wildman–Crippen MR) is 152 cm³/mol. The van der Waals surface area contributed by atoms with Crippen molar-refractivity contribution in [1.29, 1.82) is 5.26 Å². The van der Waals surface area contributed by atoms with Crippen molar-refractivity contribution in [3.8, 4) is 17.3 Å². The van der Waals surface area contributed by atoms with Gasteiger partial charge in [-0.05, 0) is 58.3 Å². The van der Waals surface area contributed by atoms with E-state index in [9.17, 15) is 9.65 Å². The van der Waals surface area contributed by atoms with Gasteiger partial charge < -0.3 is 20.3 Å². The van der Waals surface area contributed by atoms with Crippen molar-refractivity contribution in [2.45, 2.75) is 40.4 Å². The largest absolute Gasteiger partial charge is 0.389 e. The number of hydrogen-bond acceptors (Lipinski definition) is 7. The number of thiophene rings is 1. The average molecular weight is 551 g/mol. The molecule has 10 heteroatoms. The molecule has 1 fully saturated rings. The molecule has 0 bridgehead atoms. The second-order valence-corrected chi connectivity index (χ2v) is 11.8. The number of pyridine rings is 1. The molecule has 39 heavy (non-hydrogen) atoms. The quantitative estimate of drug-likeness (QED) is 0.391. The first-order valence-electron chi connectivity index (χ1n) is 12.9. The number of nitrogens with zero attached hydrogens (tertiary/aromatic N) is 5. The van der Waals surface area contributed by atoms with Crippen LogP contribution in [0.4, 0.5) is 13.8 Å². The topological polar surface area (TPSA) is 90.8 Å². The fourth-order valence-corrected chi connectivity index (χ4v) is 6.64. The molecule has 0 radical (unpaired) electrons. The zero-order valence-electron chi connectivity index (χ0n) is 22.9. The van der Waals surface area contributed by atoms with E-state index in [2.05, 4.69) is 34.9 Å². The second-order valence-electron chi connectivity index (χ2n) is 10.7. The first-order valence-corrected chi connectivity index (χ1v) is 13.7. The fraction of sp³-hybridized carbons (Fsp3) is 0.414. The molecule has 2 aromatic heterocycles. The lowest BCUT2D eigenvalue weighted by Crippen LogP contribution is -2.35. The van der Waals surface area contributed by atoms with Crippen LogP contribution in [0.15, 0.2) is 11.2 Å². The highest BCUT2D eigenvalue weighted by molar-refractivity contribution is 7.23. The molecule has 2 aliphatic heterocycles. The molecule has 1 aromatic carbocycles. The summed E-state index contributed by atoms with van der Waals surface area (Å²) in [7, 11) is 4.18. The molecule has 2 N–H and O–H groups in total. The maximum atomic E-state index is 16.6. The Morgan fingerprint density at radius 2 is 2.05 bits per heavy atom. The van der Waals surface area contributed by atoms with Gasteiger partial charge in [0, 0.05) is 47.2 Å². The van der Waals surface area contributed by atoms with Crippen LogP contribution in [-0.4, -0.2) is 54.3 Å². The lowest BCUT2D eigenvalue weighted by Gasteiger charge is -2.19. The van der Waals surface area contributed by atoms with Crippen molar-refractivity contribution in [2.24, 2.45) is 10.9 Å². The third-order valence-corrected chi connectivity index (χ3v) is 8.51. The van der Waals surface area contributed by atoms with Gasteiger partial charge in [0.1, 0.15) is 22.7 Å². The molecule has 0 aliphatic carbocycles. The number of likely N-dealkylation sites (tertiary alicyclic amines) is 1. The van der Waals surface area contributed by atoms with Crippen molar-refractivity contribution in [1.82, 2.24) is 14.8 Å². The van der Waals surface area contributed by atoms with Gasteiger partial charge in [-0.2, -0.15) is 5.26 Å². The summed E-state index contributed by atoms with van der Waals surface area (Å²) < 4.78 is 37.3. The number of benzene rings is 1. The smallest absolute Gasteiger partial charge is 0.159 e. The van der Waals surface area contributed by atoms with Gasteiger partial charge in [0.2, 0.25) is 0 Å². The molecule has 4 heterocycles. The Balaban J connectivity index is 1.71. The van der Waals surface area contributed by atoms with Crippen molar-refractivity contribution >= 4 is 44.0 Å². The van der Waals surface area contributed by atoms with Crippen LogP contribution in [0.2, 0.25) is 0 Å². The summed E-state index contributed by atoms with van der Waals surface area (Å²) in [5, 5.41) is 11.3. The van der Waals surface area contributed by atoms with Gasteiger partial charge in [-0.1, -0.05) is 5.57 Å². The number of rotatable bonds is 4. The van der Waals surface area contributed by atoms with E-state index in [4.69, 9.17) is 15.5 Å². The Morgan fingerprint density at radius 3 is 2.74 bits per heavy atom. The highest BCUT2D eigenvalue weighted by Gasteiger charge is 2.29. The SMILES string of the molecule is CC(=N/C=c1/c2c(c(-c3ncc(F)c4sc(N)c(C#N)c34)c(F)c1=C(C)C)COC2)N1CCC(CN(C)C)C1. The van der Waals surface area contributed by atoms with E-state index in [1.54, 1.807) is 6.20 Å². The number of aromatic nitrogens is 1. The molecular formula is C29H32F2N6OS. The van der Waals surface area contributed by atoms with Crippen LogP contribution in [0.25, 0.3) is 33.1 Å². The van der Waals surface area contributed by atoms with Gasteiger partial charge in [0.25, 0.3) is 0 Å². The van der Waals surface area contributed by atoms with Crippen LogP contribution >= 0.6 is 11.3 Å². The summed E-state index contributed by atoms with van der Waals surface area (Å²) >= 11 is 0.968. The Kier molecular flexibility index (Phi) is 7.42. The average Bonchev–Trinajstić information content (AvgIpc) is 3.61. The zero-order valence-corrected chi connectivity index (χ0v) is 23.7. The second kappa shape index (κ2) is 10.6. The third-order valence-electron chi connectivity index (χ3n) is 7.48. The van der Waals surface area contributed by atoms with Gasteiger partial charge in [-0.15, -0.1) is 11.3 Å². The van der Waals surface area contributed by atoms with Gasteiger partial charge in [0.15, 0.2) is 5.82 Å². The van der Waals surface area contributed by atoms with Crippen LogP contribution in [0, 0.1) is 28.9 Å². The molecule has 0 spiro atoms. The number of hydrogen-bond donors (Lipinski definition) is 1. The number of ether oxygens (including phenoxy) is 1. The first kappa shape index (κ1) is 27.2. The normalized spacial score (nSPS) is 17.9. The number of aliphatic imine (C=N–C) groups is 1. The van der Waals surface area contributed by atoms with Gasteiger partial charge in [0.05, 0.1) is 35.4 Å². The summed E-state index contributed by atoms with van der Waals surface area (Å²) in [5.41, 5.74) is 8.80. The third kappa shape index (κ3) is 4.80. The van der Waals surface area contributed by atoms with Gasteiger partial charge in [-0.3, -0.25) is 4.98 Å². The van der Waals surface area contributed by atoms with Crippen LogP contribution in [-0.2, 0) is 18.0 Å². The van der Waals surface area contributed by atoms with Gasteiger partial charge >= 0.3 is 0 Å². The molecular weight excluding hydrogens is 518 g/mol. The Morgan fingerprint density at radius 1 is 1.31 bits per heavy atom. The van der Waals surface area contributed by atoms with E-state index in [-0.39, 0.29) is 38.5 Å². The van der Waals surface area contributed by atoms with Crippen molar-refractivity contribution in [3.05, 3.63) is 45.0 Å². The Bertz CT molecular complexity index is 1670. The molecule has 1 saturated heterocycles. The zero-order chi connectivity index (χ0) is 28.0. The molecule has 0 amide bonds. The van der Waals surface area contributed by atoms with Crippen LogP contribution in [0.3, 0.4) is 0 Å². The van der Waals surface area contributed by atoms with E-state index < -0.39 is 11.6 Å². The van der Waals surface area contributed by atoms with E-state index >= 15 is 4.39 Å². The fourth-order valence-electron chi connectivity index (χ4n) is 5.72. The predicted octanol–water partition coefficient (Wildman–Crippen LogP) is 3.96. The Hall–Kier alpha value is -3.39. The molecule has 3 aromatic rings. The molecule has 2 aliphatic rings. The molecule has 0 saturated carbocycles. The first-order chi connectivity index (χ1) is 18.6. The number of amidine groups is 1. The van der Waals surface area contributed by atoms with Crippen molar-refractivity contribution < 1.29 is 13.5 Å². The molecule has 1 atom stereocenters.